The van der Waals surface area contributed by atoms with Crippen LogP contribution in [0.15, 0.2) is 48.0 Å². The largest absolute Gasteiger partial charge is 0.496 e. The van der Waals surface area contributed by atoms with Crippen LogP contribution in [0, 0.1) is 23.7 Å². The molecule has 6 bridgehead atoms. The van der Waals surface area contributed by atoms with Crippen molar-refractivity contribution in [2.45, 2.75) is 75.8 Å². The van der Waals surface area contributed by atoms with Crippen molar-refractivity contribution in [3.05, 3.63) is 76.1 Å². The monoisotopic (exact) mass is 690 g/mol. The number of piperidine rings is 3. The Labute approximate surface area is 299 Å². The molecule has 2 aliphatic carbocycles. The number of hydrogen-bond acceptors (Lipinski definition) is 7. The third-order valence-corrected chi connectivity index (χ3v) is 13.7. The van der Waals surface area contributed by atoms with E-state index < -0.39 is 5.41 Å². The molecule has 6 heterocycles. The molecule has 1 saturated carbocycles. The van der Waals surface area contributed by atoms with Gasteiger partial charge in [0.05, 0.1) is 27.2 Å². The predicted molar refractivity (Wildman–Crippen MR) is 197 cm³/mol. The number of rotatable bonds is 5. The SMILES string of the molecule is C/C=C1/CNC2Cc3c([nH]c4ccccc34)[C@@H](c3cc4c5c([nH]c4cc3OC)[C@]3(C(=O)OC)C[C@@H]4C[C@H](CC)[C@@H]3N(CC5)C4)C[C@@H]1C2C(=O)OC. The molecular weight excluding hydrogens is 640 g/mol. The van der Waals surface area contributed by atoms with Crippen LogP contribution in [-0.2, 0) is 37.3 Å². The standard InChI is InChI=1S/C42H50N4O5/c1-6-23-14-22-19-42(41(48)51-5)38-26(12-13-46(21-22)39(23)42)28-16-29(35(49-3)18-33(28)45-38)30-15-27-24(7-2)20-43-34(36(27)40(47)50-4)17-31-25-10-8-9-11-32(25)44-37(30)31/h7-11,16,18,22-23,27,30,34,36,39,43-45H,6,12-15,17,19-21H2,1-5H3/b24-7-/t22-,23-,27-,30+,34?,36?,39-,42+/m0/s1. The minimum Gasteiger partial charge on any atom is -0.496 e. The molecule has 2 aromatic carbocycles. The fraction of sp³-hybridized carbons (Fsp3) is 0.524. The normalized spacial score (nSPS) is 33.2. The van der Waals surface area contributed by atoms with Crippen LogP contribution in [0.25, 0.3) is 21.8 Å². The number of hydrogen-bond donors (Lipinski definition) is 3. The summed E-state index contributed by atoms with van der Waals surface area (Å²) in [5.41, 5.74) is 8.42. The number of carbonyl (C=O) groups excluding carboxylic acids is 2. The molecule has 0 amide bonds. The molecule has 4 aliphatic heterocycles. The van der Waals surface area contributed by atoms with Crippen LogP contribution >= 0.6 is 0 Å². The summed E-state index contributed by atoms with van der Waals surface area (Å²) in [6.07, 6.45) is 7.54. The van der Waals surface area contributed by atoms with E-state index in [1.54, 1.807) is 14.2 Å². The number of para-hydroxylation sites is 1. The first kappa shape index (κ1) is 32.8. The Hall–Kier alpha value is -4.08. The average molecular weight is 691 g/mol. The molecule has 51 heavy (non-hydrogen) atoms. The molecule has 9 nitrogen and oxygen atoms in total. The third kappa shape index (κ3) is 4.66. The maximum atomic E-state index is 14.2. The van der Waals surface area contributed by atoms with Gasteiger partial charge >= 0.3 is 11.9 Å². The molecule has 10 rings (SSSR count). The molecule has 4 fully saturated rings. The van der Waals surface area contributed by atoms with Gasteiger partial charge in [0.25, 0.3) is 0 Å². The molecule has 9 heteroatoms. The van der Waals surface area contributed by atoms with Gasteiger partial charge in [-0.1, -0.05) is 43.2 Å². The summed E-state index contributed by atoms with van der Waals surface area (Å²) in [7, 11) is 4.82. The van der Waals surface area contributed by atoms with E-state index in [-0.39, 0.29) is 41.8 Å². The lowest BCUT2D eigenvalue weighted by Gasteiger charge is -2.57. The van der Waals surface area contributed by atoms with Crippen molar-refractivity contribution in [2.75, 3.05) is 41.0 Å². The maximum absolute atomic E-state index is 14.2. The number of aromatic nitrogens is 2. The highest BCUT2D eigenvalue weighted by atomic mass is 16.5. The second kappa shape index (κ2) is 12.3. The van der Waals surface area contributed by atoms with Crippen molar-refractivity contribution in [1.82, 2.24) is 20.2 Å². The van der Waals surface area contributed by atoms with Crippen molar-refractivity contribution in [1.29, 1.82) is 0 Å². The Bertz CT molecular complexity index is 2080. The predicted octanol–water partition coefficient (Wildman–Crippen LogP) is 6.15. The minimum absolute atomic E-state index is 0.00169. The first-order valence-electron chi connectivity index (χ1n) is 19.0. The van der Waals surface area contributed by atoms with Crippen molar-refractivity contribution < 1.29 is 23.8 Å². The smallest absolute Gasteiger partial charge is 0.319 e. The van der Waals surface area contributed by atoms with E-state index in [9.17, 15) is 9.59 Å². The molecule has 268 valence electrons. The van der Waals surface area contributed by atoms with Crippen molar-refractivity contribution >= 4 is 33.7 Å². The fourth-order valence-electron chi connectivity index (χ4n) is 11.7. The van der Waals surface area contributed by atoms with Crippen molar-refractivity contribution in [2.24, 2.45) is 23.7 Å². The molecular formula is C42H50N4O5. The van der Waals surface area contributed by atoms with Crippen LogP contribution in [0.5, 0.6) is 5.75 Å². The number of fused-ring (bicyclic) bond motifs is 9. The molecule has 6 aliphatic rings. The van der Waals surface area contributed by atoms with E-state index >= 15 is 0 Å². The summed E-state index contributed by atoms with van der Waals surface area (Å²) in [6, 6.07) is 13.1. The second-order valence-electron chi connectivity index (χ2n) is 15.8. The van der Waals surface area contributed by atoms with Gasteiger partial charge in [-0.3, -0.25) is 14.5 Å². The van der Waals surface area contributed by atoms with Gasteiger partial charge in [0.2, 0.25) is 0 Å². The summed E-state index contributed by atoms with van der Waals surface area (Å²) < 4.78 is 17.5. The molecule has 3 N–H and O–H groups in total. The Morgan fingerprint density at radius 3 is 2.63 bits per heavy atom. The van der Waals surface area contributed by atoms with Gasteiger partial charge < -0.3 is 29.5 Å². The van der Waals surface area contributed by atoms with E-state index in [2.05, 4.69) is 76.5 Å². The van der Waals surface area contributed by atoms with Gasteiger partial charge in [0.15, 0.2) is 0 Å². The topological polar surface area (TPSA) is 109 Å². The summed E-state index contributed by atoms with van der Waals surface area (Å²) in [4.78, 5) is 38.2. The number of ether oxygens (including phenoxy) is 3. The number of allylic oxidation sites excluding steroid dienone is 1. The average Bonchev–Trinajstić information content (AvgIpc) is 3.68. The first-order valence-corrected chi connectivity index (χ1v) is 19.0. The highest BCUT2D eigenvalue weighted by Gasteiger charge is 2.62. The van der Waals surface area contributed by atoms with Crippen LogP contribution in [-0.4, -0.2) is 79.9 Å². The lowest BCUT2D eigenvalue weighted by molar-refractivity contribution is -0.162. The lowest BCUT2D eigenvalue weighted by atomic mass is 9.56. The van der Waals surface area contributed by atoms with Gasteiger partial charge in [-0.05, 0) is 80.0 Å². The molecule has 3 saturated heterocycles. The molecule has 0 radical (unpaired) electrons. The van der Waals surface area contributed by atoms with Crippen LogP contribution in [0.1, 0.15) is 73.5 Å². The molecule has 2 aromatic heterocycles. The van der Waals surface area contributed by atoms with Gasteiger partial charge in [0.1, 0.15) is 11.2 Å². The number of aromatic amines is 2. The Kier molecular flexibility index (Phi) is 7.89. The Morgan fingerprint density at radius 2 is 1.86 bits per heavy atom. The number of esters is 2. The lowest BCUT2D eigenvalue weighted by Crippen LogP contribution is -2.67. The van der Waals surface area contributed by atoms with Crippen molar-refractivity contribution in [3.8, 4) is 5.75 Å². The third-order valence-electron chi connectivity index (χ3n) is 13.7. The number of nitrogens with one attached hydrogen (secondary N) is 3. The summed E-state index contributed by atoms with van der Waals surface area (Å²) in [5, 5.41) is 6.06. The summed E-state index contributed by atoms with van der Waals surface area (Å²) in [6.45, 7) is 7.08. The zero-order valence-corrected chi connectivity index (χ0v) is 30.4. The Morgan fingerprint density at radius 1 is 1.02 bits per heavy atom. The van der Waals surface area contributed by atoms with E-state index in [1.165, 1.54) is 41.3 Å². The van der Waals surface area contributed by atoms with Gasteiger partial charge in [-0.15, -0.1) is 0 Å². The zero-order chi connectivity index (χ0) is 35.2. The van der Waals surface area contributed by atoms with Gasteiger partial charge in [0, 0.05) is 82.5 Å². The van der Waals surface area contributed by atoms with E-state index in [1.807, 2.05) is 0 Å². The van der Waals surface area contributed by atoms with Crippen LogP contribution in [0.2, 0.25) is 0 Å². The highest BCUT2D eigenvalue weighted by Crippen LogP contribution is 2.56. The van der Waals surface area contributed by atoms with E-state index in [4.69, 9.17) is 14.2 Å². The molecule has 0 spiro atoms. The maximum Gasteiger partial charge on any atom is 0.319 e. The quantitative estimate of drug-likeness (QED) is 0.170. The van der Waals surface area contributed by atoms with Gasteiger partial charge in [-0.2, -0.15) is 0 Å². The van der Waals surface area contributed by atoms with Crippen LogP contribution < -0.4 is 10.1 Å². The molecule has 9 atom stereocenters. The number of methoxy groups -OCH3 is 3. The van der Waals surface area contributed by atoms with E-state index in [0.717, 1.165) is 78.7 Å². The number of benzene rings is 2. The van der Waals surface area contributed by atoms with E-state index in [0.29, 0.717) is 18.3 Å². The number of carbonyl (C=O) groups is 2. The fourth-order valence-corrected chi connectivity index (χ4v) is 11.7. The minimum atomic E-state index is -0.724. The summed E-state index contributed by atoms with van der Waals surface area (Å²) >= 11 is 0. The Balaban J connectivity index is 1.27. The first-order chi connectivity index (χ1) is 24.8. The second-order valence-corrected chi connectivity index (χ2v) is 15.8. The summed E-state index contributed by atoms with van der Waals surface area (Å²) in [5.74, 6) is 1.06. The molecule has 3 unspecified atom stereocenters. The van der Waals surface area contributed by atoms with Gasteiger partial charge in [-0.25, -0.2) is 0 Å². The van der Waals surface area contributed by atoms with Crippen LogP contribution in [0.4, 0.5) is 0 Å². The number of H-pyrrole nitrogens is 2. The van der Waals surface area contributed by atoms with Crippen LogP contribution in [0.3, 0.4) is 0 Å². The van der Waals surface area contributed by atoms with Crippen molar-refractivity contribution in [3.63, 3.8) is 0 Å². The number of nitrogens with zero attached hydrogens (tertiary/aromatic N) is 1. The zero-order valence-electron chi connectivity index (χ0n) is 30.4. The molecule has 4 aromatic rings. The highest BCUT2D eigenvalue weighted by molar-refractivity contribution is 5.93.